The molecule has 11 heavy (non-hydrogen) atoms. The molecule has 0 amide bonds. The largest absolute Gasteiger partial charge is 0.396 e. The van der Waals surface area contributed by atoms with E-state index in [9.17, 15) is 4.39 Å². The van der Waals surface area contributed by atoms with Crippen LogP contribution in [0.1, 0.15) is 45.4 Å². The van der Waals surface area contributed by atoms with Crippen molar-refractivity contribution in [2.24, 2.45) is 0 Å². The average molecular weight is 162 g/mol. The predicted octanol–water partition coefficient (Wildman–Crippen LogP) is 2.68. The minimum absolute atomic E-state index is 0.0189. The third kappa shape index (κ3) is 7.79. The second-order valence-corrected chi connectivity index (χ2v) is 2.96. The maximum absolute atomic E-state index is 12.7. The summed E-state index contributed by atoms with van der Waals surface area (Å²) in [5, 5.41) is 8.40. The quantitative estimate of drug-likeness (QED) is 0.571. The fraction of sp³-hybridized carbons (Fsp3) is 1.00. The van der Waals surface area contributed by atoms with E-state index in [0.717, 1.165) is 12.8 Å². The van der Waals surface area contributed by atoms with Crippen molar-refractivity contribution in [2.75, 3.05) is 6.61 Å². The number of aliphatic hydroxyl groups is 1. The molecule has 0 bridgehead atoms. The van der Waals surface area contributed by atoms with Gasteiger partial charge in [-0.3, -0.25) is 0 Å². The maximum Gasteiger partial charge on any atom is 0.102 e. The third-order valence-electron chi connectivity index (χ3n) is 1.81. The summed E-state index contributed by atoms with van der Waals surface area (Å²) in [6.45, 7) is 2.12. The molecule has 0 saturated heterocycles. The Labute approximate surface area is 68.6 Å². The van der Waals surface area contributed by atoms with Gasteiger partial charge in [-0.05, 0) is 6.42 Å². The fourth-order valence-electron chi connectivity index (χ4n) is 1.08. The molecule has 0 aliphatic carbocycles. The Bertz CT molecular complexity index is 76.0. The fourth-order valence-corrected chi connectivity index (χ4v) is 1.08. The highest BCUT2D eigenvalue weighted by Gasteiger charge is 2.03. The molecule has 0 rings (SSSR count). The van der Waals surface area contributed by atoms with E-state index < -0.39 is 6.17 Å². The van der Waals surface area contributed by atoms with Crippen LogP contribution >= 0.6 is 0 Å². The van der Waals surface area contributed by atoms with Crippen LogP contribution in [0, 0.1) is 0 Å². The number of unbranched alkanes of at least 4 members (excludes halogenated alkanes) is 3. The summed E-state index contributed by atoms with van der Waals surface area (Å²) in [6.07, 6.45) is 4.64. The smallest absolute Gasteiger partial charge is 0.102 e. The minimum atomic E-state index is -0.781. The first-order chi connectivity index (χ1) is 5.31. The Morgan fingerprint density at radius 3 is 2.45 bits per heavy atom. The first-order valence-corrected chi connectivity index (χ1v) is 4.56. The molecule has 0 aliphatic rings. The average Bonchev–Trinajstić information content (AvgIpc) is 1.99. The lowest BCUT2D eigenvalue weighted by molar-refractivity contribution is 0.209. The van der Waals surface area contributed by atoms with E-state index in [4.69, 9.17) is 5.11 Å². The topological polar surface area (TPSA) is 20.2 Å². The van der Waals surface area contributed by atoms with Crippen LogP contribution in [-0.4, -0.2) is 17.9 Å². The monoisotopic (exact) mass is 162 g/mol. The Balaban J connectivity index is 2.97. The molecular formula is C9H19FO. The maximum atomic E-state index is 12.7. The molecule has 0 unspecified atom stereocenters. The van der Waals surface area contributed by atoms with E-state index in [-0.39, 0.29) is 6.61 Å². The van der Waals surface area contributed by atoms with Crippen LogP contribution in [0.3, 0.4) is 0 Å². The third-order valence-corrected chi connectivity index (χ3v) is 1.81. The van der Waals surface area contributed by atoms with Crippen molar-refractivity contribution in [1.82, 2.24) is 0 Å². The number of aliphatic hydroxyl groups excluding tert-OH is 1. The second-order valence-electron chi connectivity index (χ2n) is 2.96. The van der Waals surface area contributed by atoms with Crippen molar-refractivity contribution < 1.29 is 9.50 Å². The van der Waals surface area contributed by atoms with Crippen molar-refractivity contribution in [1.29, 1.82) is 0 Å². The van der Waals surface area contributed by atoms with Gasteiger partial charge in [0.2, 0.25) is 0 Å². The van der Waals surface area contributed by atoms with Crippen molar-refractivity contribution in [3.63, 3.8) is 0 Å². The highest BCUT2D eigenvalue weighted by atomic mass is 19.1. The summed E-state index contributed by atoms with van der Waals surface area (Å²) in [5.74, 6) is 0. The number of alkyl halides is 1. The number of hydrogen-bond acceptors (Lipinski definition) is 1. The Morgan fingerprint density at radius 2 is 1.91 bits per heavy atom. The number of hydrogen-bond donors (Lipinski definition) is 1. The lowest BCUT2D eigenvalue weighted by Crippen LogP contribution is -2.02. The van der Waals surface area contributed by atoms with E-state index in [1.807, 2.05) is 0 Å². The zero-order valence-electron chi connectivity index (χ0n) is 7.35. The summed E-state index contributed by atoms with van der Waals surface area (Å²) in [5.41, 5.74) is 0. The van der Waals surface area contributed by atoms with Gasteiger partial charge in [-0.1, -0.05) is 32.6 Å². The Hall–Kier alpha value is -0.110. The number of rotatable bonds is 7. The molecule has 0 aromatic rings. The van der Waals surface area contributed by atoms with Gasteiger partial charge in [0.05, 0.1) is 0 Å². The molecule has 1 atom stereocenters. The predicted molar refractivity (Wildman–Crippen MR) is 45.4 cm³/mol. The van der Waals surface area contributed by atoms with Gasteiger partial charge in [-0.15, -0.1) is 0 Å². The summed E-state index contributed by atoms with van der Waals surface area (Å²) < 4.78 is 12.7. The van der Waals surface area contributed by atoms with E-state index in [2.05, 4.69) is 6.92 Å². The molecule has 68 valence electrons. The van der Waals surface area contributed by atoms with Gasteiger partial charge in [0, 0.05) is 13.0 Å². The molecule has 0 aromatic heterocycles. The van der Waals surface area contributed by atoms with Crippen LogP contribution in [0.25, 0.3) is 0 Å². The normalized spacial score (nSPS) is 13.4. The van der Waals surface area contributed by atoms with E-state index in [1.54, 1.807) is 0 Å². The molecule has 0 spiro atoms. The van der Waals surface area contributed by atoms with Crippen molar-refractivity contribution in [2.45, 2.75) is 51.6 Å². The zero-order valence-corrected chi connectivity index (χ0v) is 7.35. The molecule has 0 aliphatic heterocycles. The molecule has 0 fully saturated rings. The van der Waals surface area contributed by atoms with Crippen LogP contribution < -0.4 is 0 Å². The Morgan fingerprint density at radius 1 is 1.18 bits per heavy atom. The highest BCUT2D eigenvalue weighted by molar-refractivity contribution is 4.55. The summed E-state index contributed by atoms with van der Waals surface area (Å²) in [4.78, 5) is 0. The van der Waals surface area contributed by atoms with Gasteiger partial charge in [0.25, 0.3) is 0 Å². The lowest BCUT2D eigenvalue weighted by Gasteiger charge is -2.04. The molecule has 1 nitrogen and oxygen atoms in total. The van der Waals surface area contributed by atoms with Crippen LogP contribution in [0.5, 0.6) is 0 Å². The Kier molecular flexibility index (Phi) is 7.91. The van der Waals surface area contributed by atoms with Gasteiger partial charge >= 0.3 is 0 Å². The van der Waals surface area contributed by atoms with E-state index in [1.165, 1.54) is 12.8 Å². The van der Waals surface area contributed by atoms with Gasteiger partial charge < -0.3 is 5.11 Å². The standard InChI is InChI=1S/C9H19FO/c1-2-3-4-5-6-9(10)7-8-11/h9,11H,2-8H2,1H3/t9-/m1/s1. The molecule has 0 saturated carbocycles. The van der Waals surface area contributed by atoms with Gasteiger partial charge in [-0.2, -0.15) is 0 Å². The van der Waals surface area contributed by atoms with E-state index >= 15 is 0 Å². The van der Waals surface area contributed by atoms with Crippen LogP contribution in [0.15, 0.2) is 0 Å². The molecule has 1 N–H and O–H groups in total. The van der Waals surface area contributed by atoms with Crippen LogP contribution in [0.2, 0.25) is 0 Å². The molecule has 2 heteroatoms. The second kappa shape index (κ2) is 7.99. The molecule has 0 heterocycles. The van der Waals surface area contributed by atoms with Crippen molar-refractivity contribution >= 4 is 0 Å². The first-order valence-electron chi connectivity index (χ1n) is 4.56. The van der Waals surface area contributed by atoms with E-state index in [0.29, 0.717) is 12.8 Å². The zero-order chi connectivity index (χ0) is 8.53. The summed E-state index contributed by atoms with van der Waals surface area (Å²) >= 11 is 0. The van der Waals surface area contributed by atoms with Crippen LogP contribution in [-0.2, 0) is 0 Å². The molecule has 0 radical (unpaired) electrons. The first kappa shape index (κ1) is 10.9. The highest BCUT2D eigenvalue weighted by Crippen LogP contribution is 2.10. The van der Waals surface area contributed by atoms with Crippen LogP contribution in [0.4, 0.5) is 4.39 Å². The van der Waals surface area contributed by atoms with Gasteiger partial charge in [-0.25, -0.2) is 4.39 Å². The number of halogens is 1. The van der Waals surface area contributed by atoms with Crippen molar-refractivity contribution in [3.05, 3.63) is 0 Å². The van der Waals surface area contributed by atoms with Gasteiger partial charge in [0.15, 0.2) is 0 Å². The minimum Gasteiger partial charge on any atom is -0.396 e. The summed E-state index contributed by atoms with van der Waals surface area (Å²) in [6, 6.07) is 0. The van der Waals surface area contributed by atoms with Crippen molar-refractivity contribution in [3.8, 4) is 0 Å². The SMILES string of the molecule is CCCCCC[C@@H](F)CCO. The summed E-state index contributed by atoms with van der Waals surface area (Å²) in [7, 11) is 0. The molecule has 0 aromatic carbocycles. The molecular weight excluding hydrogens is 143 g/mol. The lowest BCUT2D eigenvalue weighted by atomic mass is 10.1. The van der Waals surface area contributed by atoms with Gasteiger partial charge in [0.1, 0.15) is 6.17 Å².